The van der Waals surface area contributed by atoms with Gasteiger partial charge in [0.25, 0.3) is 0 Å². The highest BCUT2D eigenvalue weighted by Gasteiger charge is 2.02. The lowest BCUT2D eigenvalue weighted by Gasteiger charge is -2.04. The van der Waals surface area contributed by atoms with Crippen molar-refractivity contribution in [3.8, 4) is 0 Å². The molecule has 0 aliphatic rings. The van der Waals surface area contributed by atoms with Gasteiger partial charge < -0.3 is 14.9 Å². The predicted molar refractivity (Wildman–Crippen MR) is 53.9 cm³/mol. The monoisotopic (exact) mass is 191 g/mol. The first-order valence-corrected chi connectivity index (χ1v) is 4.47. The second-order valence-corrected chi connectivity index (χ2v) is 3.19. The Labute approximate surface area is 82.2 Å². The molecular weight excluding hydrogens is 178 g/mol. The molecule has 0 aromatic carbocycles. The minimum Gasteiger partial charge on any atom is -0.363 e. The van der Waals surface area contributed by atoms with Gasteiger partial charge in [0.1, 0.15) is 11.6 Å². The van der Waals surface area contributed by atoms with Gasteiger partial charge in [0.15, 0.2) is 0 Å². The van der Waals surface area contributed by atoms with E-state index in [1.165, 1.54) is 0 Å². The van der Waals surface area contributed by atoms with E-state index in [1.54, 1.807) is 12.5 Å². The summed E-state index contributed by atoms with van der Waals surface area (Å²) < 4.78 is 2.06. The van der Waals surface area contributed by atoms with Gasteiger partial charge in [0.05, 0.1) is 19.1 Å². The molecule has 0 atom stereocenters. The van der Waals surface area contributed by atoms with Crippen LogP contribution in [0.25, 0.3) is 0 Å². The van der Waals surface area contributed by atoms with Crippen molar-refractivity contribution in [3.05, 3.63) is 30.2 Å². The Bertz CT molecular complexity index is 401. The fourth-order valence-corrected chi connectivity index (χ4v) is 1.24. The Balaban J connectivity index is 2.02. The predicted octanol–water partition coefficient (Wildman–Crippen LogP) is 1.06. The van der Waals surface area contributed by atoms with Crippen LogP contribution in [-0.2, 0) is 13.6 Å². The fourth-order valence-electron chi connectivity index (χ4n) is 1.24. The van der Waals surface area contributed by atoms with E-state index in [2.05, 4.69) is 24.8 Å². The zero-order chi connectivity index (χ0) is 9.97. The maximum absolute atomic E-state index is 4.28. The first-order chi connectivity index (χ1) is 6.77. The molecule has 0 fully saturated rings. The normalized spacial score (nSPS) is 10.4. The average molecular weight is 191 g/mol. The smallest absolute Gasteiger partial charge is 0.128 e. The second-order valence-electron chi connectivity index (χ2n) is 3.19. The maximum Gasteiger partial charge on any atom is 0.128 e. The second kappa shape index (κ2) is 3.53. The zero-order valence-electron chi connectivity index (χ0n) is 8.28. The Morgan fingerprint density at radius 1 is 1.50 bits per heavy atom. The van der Waals surface area contributed by atoms with Gasteiger partial charge in [-0.25, -0.2) is 9.97 Å². The van der Waals surface area contributed by atoms with Gasteiger partial charge in [0.2, 0.25) is 0 Å². The third kappa shape index (κ3) is 1.61. The van der Waals surface area contributed by atoms with E-state index in [9.17, 15) is 0 Å². The van der Waals surface area contributed by atoms with Crippen LogP contribution in [0, 0.1) is 6.92 Å². The number of hydrogen-bond donors (Lipinski definition) is 2. The number of hydrogen-bond acceptors (Lipinski definition) is 3. The molecule has 2 rings (SSSR count). The molecule has 0 saturated heterocycles. The van der Waals surface area contributed by atoms with Gasteiger partial charge in [-0.1, -0.05) is 0 Å². The molecule has 2 aromatic heterocycles. The molecule has 2 N–H and O–H groups in total. The van der Waals surface area contributed by atoms with Crippen LogP contribution in [0.2, 0.25) is 0 Å². The molecule has 74 valence electrons. The first-order valence-electron chi connectivity index (χ1n) is 4.47. The molecule has 0 saturated carbocycles. The van der Waals surface area contributed by atoms with Crippen LogP contribution >= 0.6 is 0 Å². The highest BCUT2D eigenvalue weighted by Crippen LogP contribution is 2.04. The van der Waals surface area contributed by atoms with Crippen molar-refractivity contribution in [1.29, 1.82) is 0 Å². The van der Waals surface area contributed by atoms with Crippen LogP contribution in [-0.4, -0.2) is 19.5 Å². The number of H-pyrrole nitrogens is 1. The van der Waals surface area contributed by atoms with Crippen molar-refractivity contribution < 1.29 is 0 Å². The van der Waals surface area contributed by atoms with Crippen LogP contribution in [0.4, 0.5) is 5.82 Å². The Morgan fingerprint density at radius 2 is 2.36 bits per heavy atom. The van der Waals surface area contributed by atoms with E-state index in [0.29, 0.717) is 6.54 Å². The number of anilines is 1. The van der Waals surface area contributed by atoms with Crippen LogP contribution in [0.15, 0.2) is 18.7 Å². The summed E-state index contributed by atoms with van der Waals surface area (Å²) in [6.45, 7) is 2.74. The minimum absolute atomic E-state index is 0.701. The van der Waals surface area contributed by atoms with Gasteiger partial charge in [-0.15, -0.1) is 0 Å². The molecular formula is C9H13N5. The molecule has 2 aromatic rings. The molecule has 0 amide bonds. The lowest BCUT2D eigenvalue weighted by molar-refractivity contribution is 0.789. The lowest BCUT2D eigenvalue weighted by atomic mass is 10.5. The van der Waals surface area contributed by atoms with E-state index in [0.717, 1.165) is 17.3 Å². The molecule has 5 heteroatoms. The van der Waals surface area contributed by atoms with E-state index in [-0.39, 0.29) is 0 Å². The summed E-state index contributed by atoms with van der Waals surface area (Å²) in [5, 5.41) is 3.19. The van der Waals surface area contributed by atoms with Crippen molar-refractivity contribution in [2.45, 2.75) is 13.5 Å². The molecule has 0 aliphatic carbocycles. The number of rotatable bonds is 3. The third-order valence-corrected chi connectivity index (χ3v) is 2.25. The van der Waals surface area contributed by atoms with Gasteiger partial charge in [-0.3, -0.25) is 0 Å². The number of aromatic amines is 1. The largest absolute Gasteiger partial charge is 0.363 e. The summed E-state index contributed by atoms with van der Waals surface area (Å²) in [5.74, 6) is 1.92. The quantitative estimate of drug-likeness (QED) is 0.762. The van der Waals surface area contributed by atoms with Crippen molar-refractivity contribution in [2.24, 2.45) is 7.05 Å². The molecule has 5 nitrogen and oxygen atoms in total. The maximum atomic E-state index is 4.28. The lowest BCUT2D eigenvalue weighted by Crippen LogP contribution is -2.06. The Kier molecular flexibility index (Phi) is 2.22. The minimum atomic E-state index is 0.701. The Morgan fingerprint density at radius 3 is 2.93 bits per heavy atom. The van der Waals surface area contributed by atoms with Crippen LogP contribution in [0.5, 0.6) is 0 Å². The number of aryl methyl sites for hydroxylation is 1. The molecule has 14 heavy (non-hydrogen) atoms. The zero-order valence-corrected chi connectivity index (χ0v) is 8.28. The topological polar surface area (TPSA) is 58.5 Å². The van der Waals surface area contributed by atoms with Gasteiger partial charge >= 0.3 is 0 Å². The van der Waals surface area contributed by atoms with Crippen LogP contribution in [0.1, 0.15) is 11.5 Å². The third-order valence-electron chi connectivity index (χ3n) is 2.25. The number of nitrogens with zero attached hydrogens (tertiary/aromatic N) is 3. The van der Waals surface area contributed by atoms with E-state index >= 15 is 0 Å². The summed E-state index contributed by atoms with van der Waals surface area (Å²) in [7, 11) is 2.01. The molecule has 0 unspecified atom stereocenters. The summed E-state index contributed by atoms with van der Waals surface area (Å²) in [6, 6.07) is 0. The van der Waals surface area contributed by atoms with Gasteiger partial charge in [0, 0.05) is 18.9 Å². The van der Waals surface area contributed by atoms with E-state index in [4.69, 9.17) is 0 Å². The van der Waals surface area contributed by atoms with Crippen molar-refractivity contribution >= 4 is 5.82 Å². The molecule has 0 bridgehead atoms. The van der Waals surface area contributed by atoms with Crippen LogP contribution < -0.4 is 5.32 Å². The summed E-state index contributed by atoms with van der Waals surface area (Å²) >= 11 is 0. The Hall–Kier alpha value is -1.78. The number of aromatic nitrogens is 4. The first kappa shape index (κ1) is 8.80. The highest BCUT2D eigenvalue weighted by atomic mass is 15.1. The summed E-state index contributed by atoms with van der Waals surface area (Å²) in [6.07, 6.45) is 5.26. The van der Waals surface area contributed by atoms with E-state index < -0.39 is 0 Å². The highest BCUT2D eigenvalue weighted by molar-refractivity contribution is 5.30. The SMILES string of the molecule is Cc1cnc(CNc2cnc[nH]2)n1C. The number of nitrogens with one attached hydrogen (secondary N) is 2. The molecule has 2 heterocycles. The molecule has 0 radical (unpaired) electrons. The average Bonchev–Trinajstić information content (AvgIpc) is 2.77. The fraction of sp³-hybridized carbons (Fsp3) is 0.333. The van der Waals surface area contributed by atoms with Gasteiger partial charge in [-0.2, -0.15) is 0 Å². The molecule has 0 aliphatic heterocycles. The standard InChI is InChI=1S/C9H13N5/c1-7-3-12-9(14(7)2)5-11-8-4-10-6-13-8/h3-4,6,11H,5H2,1-2H3,(H,10,13). The van der Waals surface area contributed by atoms with Crippen LogP contribution in [0.3, 0.4) is 0 Å². The number of imidazole rings is 2. The summed E-state index contributed by atoms with van der Waals surface area (Å²) in [4.78, 5) is 11.2. The van der Waals surface area contributed by atoms with Gasteiger partial charge in [-0.05, 0) is 6.92 Å². The van der Waals surface area contributed by atoms with Crippen molar-refractivity contribution in [1.82, 2.24) is 19.5 Å². The summed E-state index contributed by atoms with van der Waals surface area (Å²) in [5.41, 5.74) is 1.16. The molecule has 0 spiro atoms. The van der Waals surface area contributed by atoms with E-state index in [1.807, 2.05) is 20.2 Å². The van der Waals surface area contributed by atoms with Crippen molar-refractivity contribution in [3.63, 3.8) is 0 Å². The van der Waals surface area contributed by atoms with Crippen molar-refractivity contribution in [2.75, 3.05) is 5.32 Å².